The SMILES string of the molecule is CCOCCNCCC[Si](OCC)(OCC)OCC. The molecule has 116 valence electrons. The fourth-order valence-corrected chi connectivity index (χ4v) is 4.46. The summed E-state index contributed by atoms with van der Waals surface area (Å²) in [6.07, 6.45) is 0.998. The maximum Gasteiger partial charge on any atom is 0.500 e. The molecule has 0 fully saturated rings. The highest BCUT2D eigenvalue weighted by atomic mass is 28.4. The van der Waals surface area contributed by atoms with Gasteiger partial charge in [-0.2, -0.15) is 0 Å². The monoisotopic (exact) mass is 293 g/mol. The van der Waals surface area contributed by atoms with Crippen LogP contribution in [0.5, 0.6) is 0 Å². The molecule has 0 aromatic rings. The highest BCUT2D eigenvalue weighted by Gasteiger charge is 2.39. The summed E-state index contributed by atoms with van der Waals surface area (Å²) in [6.45, 7) is 13.3. The smallest absolute Gasteiger partial charge is 0.380 e. The molecule has 0 aromatic carbocycles. The Hall–Kier alpha value is 0.0169. The summed E-state index contributed by atoms with van der Waals surface area (Å²) in [4.78, 5) is 0. The van der Waals surface area contributed by atoms with Crippen LogP contribution in [0.3, 0.4) is 0 Å². The van der Waals surface area contributed by atoms with Crippen LogP contribution in [0, 0.1) is 0 Å². The molecule has 6 heteroatoms. The predicted molar refractivity (Wildman–Crippen MR) is 79.4 cm³/mol. The van der Waals surface area contributed by atoms with Crippen molar-refractivity contribution in [1.82, 2.24) is 5.32 Å². The third-order valence-electron chi connectivity index (χ3n) is 2.56. The third-order valence-corrected chi connectivity index (χ3v) is 5.71. The van der Waals surface area contributed by atoms with Crippen molar-refractivity contribution in [2.45, 2.75) is 40.2 Å². The van der Waals surface area contributed by atoms with E-state index in [1.807, 2.05) is 27.7 Å². The summed E-state index contributed by atoms with van der Waals surface area (Å²) in [5, 5.41) is 3.35. The summed E-state index contributed by atoms with van der Waals surface area (Å²) in [7, 11) is -2.44. The Morgan fingerprint density at radius 2 is 1.37 bits per heavy atom. The molecule has 0 aliphatic heterocycles. The zero-order chi connectivity index (χ0) is 14.4. The van der Waals surface area contributed by atoms with Gasteiger partial charge in [-0.25, -0.2) is 0 Å². The first-order valence-electron chi connectivity index (χ1n) is 7.44. The molecule has 0 aromatic heterocycles. The molecular weight excluding hydrogens is 262 g/mol. The van der Waals surface area contributed by atoms with Gasteiger partial charge in [0.25, 0.3) is 0 Å². The Balaban J connectivity index is 3.89. The van der Waals surface area contributed by atoms with Crippen LogP contribution in [0.1, 0.15) is 34.1 Å². The number of nitrogens with one attached hydrogen (secondary N) is 1. The van der Waals surface area contributed by atoms with Gasteiger partial charge in [-0.15, -0.1) is 0 Å². The Morgan fingerprint density at radius 1 is 0.789 bits per heavy atom. The average molecular weight is 293 g/mol. The van der Waals surface area contributed by atoms with Crippen molar-refractivity contribution in [2.75, 3.05) is 46.1 Å². The van der Waals surface area contributed by atoms with Crippen LogP contribution in [0.15, 0.2) is 0 Å². The molecular formula is C13H31NO4Si. The van der Waals surface area contributed by atoms with Crippen molar-refractivity contribution < 1.29 is 18.0 Å². The van der Waals surface area contributed by atoms with Gasteiger partial charge in [0.2, 0.25) is 0 Å². The molecule has 1 N–H and O–H groups in total. The van der Waals surface area contributed by atoms with Crippen LogP contribution in [0.2, 0.25) is 6.04 Å². The van der Waals surface area contributed by atoms with Crippen molar-refractivity contribution >= 4 is 8.80 Å². The van der Waals surface area contributed by atoms with Crippen LogP contribution in [0.25, 0.3) is 0 Å². The van der Waals surface area contributed by atoms with E-state index >= 15 is 0 Å². The van der Waals surface area contributed by atoms with Gasteiger partial charge in [0.05, 0.1) is 6.61 Å². The van der Waals surface area contributed by atoms with E-state index in [4.69, 9.17) is 18.0 Å². The van der Waals surface area contributed by atoms with Gasteiger partial charge in [0, 0.05) is 39.0 Å². The van der Waals surface area contributed by atoms with Crippen molar-refractivity contribution in [1.29, 1.82) is 0 Å². The summed E-state index contributed by atoms with van der Waals surface area (Å²) >= 11 is 0. The lowest BCUT2D eigenvalue weighted by Gasteiger charge is -2.28. The molecule has 0 unspecified atom stereocenters. The number of hydrogen-bond donors (Lipinski definition) is 1. The molecule has 0 atom stereocenters. The topological polar surface area (TPSA) is 49.0 Å². The summed E-state index contributed by atoms with van der Waals surface area (Å²) in [6, 6.07) is 0.865. The van der Waals surface area contributed by atoms with E-state index in [1.165, 1.54) is 0 Å². The van der Waals surface area contributed by atoms with Crippen molar-refractivity contribution in [3.05, 3.63) is 0 Å². The maximum atomic E-state index is 5.80. The Labute approximate surface area is 119 Å². The highest BCUT2D eigenvalue weighted by Crippen LogP contribution is 2.17. The second-order valence-electron chi connectivity index (χ2n) is 4.03. The Morgan fingerprint density at radius 3 is 1.84 bits per heavy atom. The fraction of sp³-hybridized carbons (Fsp3) is 1.00. The molecule has 0 spiro atoms. The van der Waals surface area contributed by atoms with Crippen LogP contribution < -0.4 is 5.32 Å². The van der Waals surface area contributed by atoms with Gasteiger partial charge in [-0.05, 0) is 40.7 Å². The van der Waals surface area contributed by atoms with Gasteiger partial charge in [-0.1, -0.05) is 0 Å². The second-order valence-corrected chi connectivity index (χ2v) is 6.76. The first-order valence-corrected chi connectivity index (χ1v) is 9.38. The quantitative estimate of drug-likeness (QED) is 0.392. The van der Waals surface area contributed by atoms with Gasteiger partial charge in [-0.3, -0.25) is 0 Å². The normalized spacial score (nSPS) is 12.0. The summed E-state index contributed by atoms with van der Waals surface area (Å²) in [5.41, 5.74) is 0. The van der Waals surface area contributed by atoms with Gasteiger partial charge in [0.15, 0.2) is 0 Å². The van der Waals surface area contributed by atoms with Crippen molar-refractivity contribution in [3.63, 3.8) is 0 Å². The first-order chi connectivity index (χ1) is 9.24. The lowest BCUT2D eigenvalue weighted by atomic mass is 10.5. The third kappa shape index (κ3) is 9.54. The van der Waals surface area contributed by atoms with Crippen LogP contribution in [-0.2, 0) is 18.0 Å². The van der Waals surface area contributed by atoms with Crippen molar-refractivity contribution in [3.8, 4) is 0 Å². The van der Waals surface area contributed by atoms with Crippen LogP contribution in [-0.4, -0.2) is 54.9 Å². The second kappa shape index (κ2) is 13.0. The summed E-state index contributed by atoms with van der Waals surface area (Å²) < 4.78 is 22.7. The van der Waals surface area contributed by atoms with E-state index in [2.05, 4.69) is 5.32 Å². The summed E-state index contributed by atoms with van der Waals surface area (Å²) in [5.74, 6) is 0. The van der Waals surface area contributed by atoms with Crippen LogP contribution >= 0.6 is 0 Å². The Bertz CT molecular complexity index is 178. The maximum absolute atomic E-state index is 5.80. The molecule has 0 saturated heterocycles. The molecule has 5 nitrogen and oxygen atoms in total. The molecule has 0 radical (unpaired) electrons. The number of ether oxygens (including phenoxy) is 1. The molecule has 0 aliphatic carbocycles. The van der Waals surface area contributed by atoms with Gasteiger partial charge < -0.3 is 23.3 Å². The molecule has 0 heterocycles. The minimum Gasteiger partial charge on any atom is -0.380 e. The van der Waals surface area contributed by atoms with E-state index in [0.29, 0.717) is 19.8 Å². The lowest BCUT2D eigenvalue weighted by Crippen LogP contribution is -2.46. The zero-order valence-electron chi connectivity index (χ0n) is 13.0. The minimum absolute atomic E-state index is 0.643. The first kappa shape index (κ1) is 19.0. The van der Waals surface area contributed by atoms with E-state index in [0.717, 1.165) is 38.8 Å². The Kier molecular flexibility index (Phi) is 13.0. The molecule has 0 aliphatic rings. The van der Waals surface area contributed by atoms with Gasteiger partial charge >= 0.3 is 8.80 Å². The molecule has 0 rings (SSSR count). The number of rotatable bonds is 14. The average Bonchev–Trinajstić information content (AvgIpc) is 2.39. The lowest BCUT2D eigenvalue weighted by molar-refractivity contribution is 0.0708. The van der Waals surface area contributed by atoms with Gasteiger partial charge in [0.1, 0.15) is 0 Å². The minimum atomic E-state index is -2.44. The predicted octanol–water partition coefficient (Wildman–Crippen LogP) is 2.05. The molecule has 0 amide bonds. The molecule has 0 bridgehead atoms. The molecule has 19 heavy (non-hydrogen) atoms. The molecule has 0 saturated carbocycles. The van der Waals surface area contributed by atoms with E-state index < -0.39 is 8.80 Å². The van der Waals surface area contributed by atoms with E-state index in [-0.39, 0.29) is 0 Å². The zero-order valence-corrected chi connectivity index (χ0v) is 14.0. The number of hydrogen-bond acceptors (Lipinski definition) is 5. The van der Waals surface area contributed by atoms with Crippen molar-refractivity contribution in [2.24, 2.45) is 0 Å². The van der Waals surface area contributed by atoms with Crippen LogP contribution in [0.4, 0.5) is 0 Å². The fourth-order valence-electron chi connectivity index (χ4n) is 1.84. The van der Waals surface area contributed by atoms with E-state index in [1.54, 1.807) is 0 Å². The standard InChI is InChI=1S/C13H31NO4Si/c1-5-15-12-11-14-10-9-13-19(16-6-2,17-7-3)18-8-4/h14H,5-13H2,1-4H3. The van der Waals surface area contributed by atoms with E-state index in [9.17, 15) is 0 Å². The largest absolute Gasteiger partial charge is 0.500 e. The highest BCUT2D eigenvalue weighted by molar-refractivity contribution is 6.60.